The number of aryl methyl sites for hydroxylation is 1. The van der Waals surface area contributed by atoms with E-state index in [1.807, 2.05) is 18.2 Å². The number of hydrogen-bond acceptors (Lipinski definition) is 3. The van der Waals surface area contributed by atoms with E-state index < -0.39 is 14.4 Å². The monoisotopic (exact) mass is 349 g/mol. The summed E-state index contributed by atoms with van der Waals surface area (Å²) in [6, 6.07) is 8.45. The van der Waals surface area contributed by atoms with E-state index >= 15 is 0 Å². The summed E-state index contributed by atoms with van der Waals surface area (Å²) in [6.45, 7) is 14.6. The molecule has 1 saturated heterocycles. The molecule has 1 aliphatic heterocycles. The number of rotatable bonds is 5. The first kappa shape index (κ1) is 19.6. The average molecular weight is 350 g/mol. The lowest BCUT2D eigenvalue weighted by Gasteiger charge is -2.42. The number of aliphatic hydroxyl groups excluding tert-OH is 1. The molecule has 0 spiro atoms. The molecule has 1 fully saturated rings. The minimum absolute atomic E-state index is 0.244. The van der Waals surface area contributed by atoms with E-state index in [-0.39, 0.29) is 5.04 Å². The van der Waals surface area contributed by atoms with Crippen LogP contribution >= 0.6 is 0 Å². The minimum atomic E-state index is -1.72. The number of benzene rings is 1. The van der Waals surface area contributed by atoms with Gasteiger partial charge in [0.25, 0.3) is 0 Å². The highest BCUT2D eigenvalue weighted by molar-refractivity contribution is 6.74. The van der Waals surface area contributed by atoms with Gasteiger partial charge in [-0.25, -0.2) is 0 Å². The van der Waals surface area contributed by atoms with Crippen LogP contribution in [0.25, 0.3) is 0 Å². The summed E-state index contributed by atoms with van der Waals surface area (Å²) >= 11 is 0. The second-order valence-corrected chi connectivity index (χ2v) is 13.5. The fourth-order valence-electron chi connectivity index (χ4n) is 3.20. The molecule has 0 radical (unpaired) electrons. The molecule has 0 aromatic heterocycles. The van der Waals surface area contributed by atoms with Crippen LogP contribution in [0.15, 0.2) is 24.3 Å². The van der Waals surface area contributed by atoms with Crippen molar-refractivity contribution in [1.29, 1.82) is 0 Å². The first-order chi connectivity index (χ1) is 11.1. The molecule has 2 rings (SSSR count). The van der Waals surface area contributed by atoms with Crippen molar-refractivity contribution in [2.75, 3.05) is 6.54 Å². The second-order valence-electron chi connectivity index (χ2n) is 8.78. The van der Waals surface area contributed by atoms with Gasteiger partial charge in [0.05, 0.1) is 6.10 Å². The lowest BCUT2D eigenvalue weighted by atomic mass is 9.93. The minimum Gasteiger partial charge on any atom is -0.414 e. The van der Waals surface area contributed by atoms with E-state index in [0.29, 0.717) is 12.1 Å². The van der Waals surface area contributed by atoms with Crippen LogP contribution in [-0.2, 0) is 4.43 Å². The van der Waals surface area contributed by atoms with Crippen LogP contribution < -0.4 is 5.32 Å². The van der Waals surface area contributed by atoms with Crippen molar-refractivity contribution in [3.63, 3.8) is 0 Å². The molecule has 0 amide bonds. The van der Waals surface area contributed by atoms with Gasteiger partial charge in [0.1, 0.15) is 0 Å². The van der Waals surface area contributed by atoms with Gasteiger partial charge in [-0.1, -0.05) is 45.0 Å². The second kappa shape index (κ2) is 7.69. The molecule has 136 valence electrons. The van der Waals surface area contributed by atoms with Gasteiger partial charge in [-0.15, -0.1) is 0 Å². The van der Waals surface area contributed by atoms with Crippen LogP contribution in [0.4, 0.5) is 0 Å². The van der Waals surface area contributed by atoms with Gasteiger partial charge < -0.3 is 14.8 Å². The van der Waals surface area contributed by atoms with Gasteiger partial charge in [-0.2, -0.15) is 0 Å². The third-order valence-corrected chi connectivity index (χ3v) is 10.3. The Morgan fingerprint density at radius 3 is 2.58 bits per heavy atom. The van der Waals surface area contributed by atoms with Gasteiger partial charge in [0, 0.05) is 12.1 Å². The predicted molar refractivity (Wildman–Crippen MR) is 104 cm³/mol. The standard InChI is InChI=1S/C20H35NO2Si/c1-15-9-7-8-10-18(15)19(22)14-16-13-17(11-12-21-16)23-24(5,6)20(2,3)4/h7-10,16-17,19,21-22H,11-14H2,1-6H3/t16-,17+,19+/m1/s1. The summed E-state index contributed by atoms with van der Waals surface area (Å²) in [6.07, 6.45) is 2.73. The van der Waals surface area contributed by atoms with E-state index in [0.717, 1.165) is 36.9 Å². The van der Waals surface area contributed by atoms with Crippen LogP contribution in [0, 0.1) is 6.92 Å². The maximum absolute atomic E-state index is 10.6. The van der Waals surface area contributed by atoms with Gasteiger partial charge >= 0.3 is 0 Å². The lowest BCUT2D eigenvalue weighted by molar-refractivity contribution is 0.0939. The van der Waals surface area contributed by atoms with Gasteiger partial charge in [0.15, 0.2) is 8.32 Å². The fraction of sp³-hybridized carbons (Fsp3) is 0.700. The molecule has 0 bridgehead atoms. The molecule has 1 heterocycles. The fourth-order valence-corrected chi connectivity index (χ4v) is 4.61. The Morgan fingerprint density at radius 2 is 1.96 bits per heavy atom. The molecular formula is C20H35NO2Si. The molecule has 0 aliphatic carbocycles. The number of nitrogens with one attached hydrogen (secondary N) is 1. The van der Waals surface area contributed by atoms with Crippen LogP contribution in [0.3, 0.4) is 0 Å². The quantitative estimate of drug-likeness (QED) is 0.766. The Kier molecular flexibility index (Phi) is 6.29. The molecule has 1 aromatic rings. The zero-order valence-corrected chi connectivity index (χ0v) is 17.2. The largest absolute Gasteiger partial charge is 0.414 e. The van der Waals surface area contributed by atoms with Gasteiger partial charge in [-0.05, 0) is 62.0 Å². The molecule has 0 unspecified atom stereocenters. The van der Waals surface area contributed by atoms with E-state index in [1.165, 1.54) is 0 Å². The van der Waals surface area contributed by atoms with Gasteiger partial charge in [-0.3, -0.25) is 0 Å². The van der Waals surface area contributed by atoms with Crippen LogP contribution in [0.5, 0.6) is 0 Å². The van der Waals surface area contributed by atoms with Crippen molar-refractivity contribution in [2.24, 2.45) is 0 Å². The highest BCUT2D eigenvalue weighted by Crippen LogP contribution is 2.38. The summed E-state index contributed by atoms with van der Waals surface area (Å²) in [4.78, 5) is 0. The SMILES string of the molecule is Cc1ccccc1[C@@H](O)C[C@H]1C[C@@H](O[Si](C)(C)C(C)(C)C)CCN1. The van der Waals surface area contributed by atoms with E-state index in [4.69, 9.17) is 4.43 Å². The molecule has 2 N–H and O–H groups in total. The van der Waals surface area contributed by atoms with Crippen LogP contribution in [-0.4, -0.2) is 32.1 Å². The Labute approximate surface area is 148 Å². The smallest absolute Gasteiger partial charge is 0.192 e. The average Bonchev–Trinajstić information content (AvgIpc) is 2.46. The van der Waals surface area contributed by atoms with Crippen molar-refractivity contribution in [3.8, 4) is 0 Å². The topological polar surface area (TPSA) is 41.5 Å². The normalized spacial score (nSPS) is 24.0. The first-order valence-electron chi connectivity index (χ1n) is 9.25. The van der Waals surface area contributed by atoms with Crippen molar-refractivity contribution in [3.05, 3.63) is 35.4 Å². The van der Waals surface area contributed by atoms with Crippen molar-refractivity contribution >= 4 is 8.32 Å². The maximum atomic E-state index is 10.6. The highest BCUT2D eigenvalue weighted by atomic mass is 28.4. The molecule has 1 aromatic carbocycles. The molecule has 24 heavy (non-hydrogen) atoms. The summed E-state index contributed by atoms with van der Waals surface area (Å²) in [5.41, 5.74) is 2.21. The molecule has 1 aliphatic rings. The van der Waals surface area contributed by atoms with E-state index in [1.54, 1.807) is 0 Å². The van der Waals surface area contributed by atoms with Crippen molar-refractivity contribution in [1.82, 2.24) is 5.32 Å². The first-order valence-corrected chi connectivity index (χ1v) is 12.2. The Balaban J connectivity index is 1.95. The zero-order valence-electron chi connectivity index (χ0n) is 16.2. The summed E-state index contributed by atoms with van der Waals surface area (Å²) < 4.78 is 6.60. The predicted octanol–water partition coefficient (Wildman–Crippen LogP) is 4.56. The summed E-state index contributed by atoms with van der Waals surface area (Å²) in [7, 11) is -1.72. The third kappa shape index (κ3) is 4.91. The number of hydrogen-bond donors (Lipinski definition) is 2. The van der Waals surface area contributed by atoms with Gasteiger partial charge in [0.2, 0.25) is 0 Å². The zero-order chi connectivity index (χ0) is 18.0. The van der Waals surface area contributed by atoms with Crippen LogP contribution in [0.1, 0.15) is 57.3 Å². The Hall–Kier alpha value is -0.683. The molecule has 3 nitrogen and oxygen atoms in total. The lowest BCUT2D eigenvalue weighted by Crippen LogP contribution is -2.49. The summed E-state index contributed by atoms with van der Waals surface area (Å²) in [5, 5.41) is 14.4. The number of aliphatic hydroxyl groups is 1. The van der Waals surface area contributed by atoms with Crippen molar-refractivity contribution < 1.29 is 9.53 Å². The number of piperidine rings is 1. The van der Waals surface area contributed by atoms with Crippen LogP contribution in [0.2, 0.25) is 18.1 Å². The van der Waals surface area contributed by atoms with E-state index in [9.17, 15) is 5.11 Å². The molecule has 4 heteroatoms. The third-order valence-electron chi connectivity index (χ3n) is 5.77. The maximum Gasteiger partial charge on any atom is 0.192 e. The summed E-state index contributed by atoms with van der Waals surface area (Å²) in [5.74, 6) is 0. The Bertz CT molecular complexity index is 539. The molecule has 3 atom stereocenters. The Morgan fingerprint density at radius 1 is 1.29 bits per heavy atom. The molecular weight excluding hydrogens is 314 g/mol. The van der Waals surface area contributed by atoms with E-state index in [2.05, 4.69) is 52.2 Å². The van der Waals surface area contributed by atoms with Crippen molar-refractivity contribution in [2.45, 2.75) is 83.3 Å². The molecule has 0 saturated carbocycles. The highest BCUT2D eigenvalue weighted by Gasteiger charge is 2.40.